The van der Waals surface area contributed by atoms with Crippen LogP contribution in [0, 0.1) is 23.2 Å². The molecule has 0 spiro atoms. The molecule has 0 aliphatic heterocycles. The van der Waals surface area contributed by atoms with E-state index >= 15 is 0 Å². The van der Waals surface area contributed by atoms with Gasteiger partial charge in [-0.05, 0) is 49.8 Å². The van der Waals surface area contributed by atoms with Crippen LogP contribution in [0.3, 0.4) is 0 Å². The molecule has 1 aromatic heterocycles. The third-order valence-corrected chi connectivity index (χ3v) is 4.40. The van der Waals surface area contributed by atoms with Crippen LogP contribution in [-0.2, 0) is 11.3 Å². The number of fused-ring (bicyclic) bond motifs is 1. The molecule has 1 saturated carbocycles. The van der Waals surface area contributed by atoms with Gasteiger partial charge in [0.25, 0.3) is 0 Å². The molecule has 0 unspecified atom stereocenters. The van der Waals surface area contributed by atoms with E-state index in [1.807, 2.05) is 23.0 Å². The van der Waals surface area contributed by atoms with Gasteiger partial charge >= 0.3 is 5.97 Å². The SMILES string of the molecule is N#Cc1ccc2cnn(CC3CCC(C(=O)O)CC3)c2c1. The van der Waals surface area contributed by atoms with Gasteiger partial charge in [0.1, 0.15) is 0 Å². The van der Waals surface area contributed by atoms with E-state index in [4.69, 9.17) is 10.4 Å². The number of carboxylic acid groups (broad SMARTS) is 1. The number of aromatic nitrogens is 2. The van der Waals surface area contributed by atoms with Crippen LogP contribution in [0.4, 0.5) is 0 Å². The van der Waals surface area contributed by atoms with Gasteiger partial charge in [-0.2, -0.15) is 10.4 Å². The predicted octanol–water partition coefficient (Wildman–Crippen LogP) is 2.80. The quantitative estimate of drug-likeness (QED) is 0.939. The first-order valence-corrected chi connectivity index (χ1v) is 7.26. The summed E-state index contributed by atoms with van der Waals surface area (Å²) in [6.07, 6.45) is 5.18. The van der Waals surface area contributed by atoms with Crippen molar-refractivity contribution in [1.29, 1.82) is 5.26 Å². The molecule has 1 aliphatic rings. The summed E-state index contributed by atoms with van der Waals surface area (Å²) >= 11 is 0. The van der Waals surface area contributed by atoms with Crippen LogP contribution in [0.2, 0.25) is 0 Å². The molecule has 3 rings (SSSR count). The fourth-order valence-electron chi connectivity index (χ4n) is 3.12. The van der Waals surface area contributed by atoms with E-state index in [0.717, 1.165) is 43.1 Å². The molecule has 1 N–H and O–H groups in total. The minimum atomic E-state index is -0.670. The van der Waals surface area contributed by atoms with Crippen LogP contribution in [0.15, 0.2) is 24.4 Å². The Kier molecular flexibility index (Phi) is 3.61. The standard InChI is InChI=1S/C16H17N3O2/c17-8-12-3-6-14-9-18-19(15(14)7-12)10-11-1-4-13(5-2-11)16(20)21/h3,6-7,9,11,13H,1-2,4-5,10H2,(H,20,21). The first-order chi connectivity index (χ1) is 10.2. The Labute approximate surface area is 122 Å². The van der Waals surface area contributed by atoms with E-state index in [9.17, 15) is 4.79 Å². The highest BCUT2D eigenvalue weighted by molar-refractivity contribution is 5.80. The van der Waals surface area contributed by atoms with E-state index in [1.165, 1.54) is 0 Å². The number of nitriles is 1. The van der Waals surface area contributed by atoms with E-state index in [0.29, 0.717) is 11.5 Å². The van der Waals surface area contributed by atoms with Crippen LogP contribution in [0.1, 0.15) is 31.2 Å². The van der Waals surface area contributed by atoms with Crippen molar-refractivity contribution in [3.63, 3.8) is 0 Å². The number of rotatable bonds is 3. The van der Waals surface area contributed by atoms with Gasteiger partial charge in [-0.3, -0.25) is 9.48 Å². The van der Waals surface area contributed by atoms with Crippen molar-refractivity contribution in [2.75, 3.05) is 0 Å². The summed E-state index contributed by atoms with van der Waals surface area (Å²) in [4.78, 5) is 11.0. The zero-order chi connectivity index (χ0) is 14.8. The molecule has 21 heavy (non-hydrogen) atoms. The fraction of sp³-hybridized carbons (Fsp3) is 0.438. The zero-order valence-electron chi connectivity index (χ0n) is 11.7. The molecular formula is C16H17N3O2. The van der Waals surface area contributed by atoms with E-state index in [1.54, 1.807) is 6.07 Å². The average Bonchev–Trinajstić information content (AvgIpc) is 2.90. The molecule has 0 amide bonds. The van der Waals surface area contributed by atoms with Gasteiger partial charge in [0.2, 0.25) is 0 Å². The molecule has 0 atom stereocenters. The smallest absolute Gasteiger partial charge is 0.306 e. The third-order valence-electron chi connectivity index (χ3n) is 4.40. The lowest BCUT2D eigenvalue weighted by Crippen LogP contribution is -2.24. The number of carboxylic acids is 1. The Hall–Kier alpha value is -2.35. The lowest BCUT2D eigenvalue weighted by Gasteiger charge is -2.26. The summed E-state index contributed by atoms with van der Waals surface area (Å²) in [5.41, 5.74) is 1.62. The third kappa shape index (κ3) is 2.75. The molecule has 2 aromatic rings. The maximum Gasteiger partial charge on any atom is 0.306 e. The lowest BCUT2D eigenvalue weighted by atomic mass is 9.82. The van der Waals surface area contributed by atoms with Gasteiger partial charge in [0.15, 0.2) is 0 Å². The Balaban J connectivity index is 1.74. The Bertz CT molecular complexity index is 706. The second-order valence-electron chi connectivity index (χ2n) is 5.77. The predicted molar refractivity (Wildman–Crippen MR) is 77.5 cm³/mol. The number of hydrogen-bond donors (Lipinski definition) is 1. The minimum Gasteiger partial charge on any atom is -0.481 e. The van der Waals surface area contributed by atoms with Crippen molar-refractivity contribution < 1.29 is 9.90 Å². The second kappa shape index (κ2) is 5.57. The molecule has 0 radical (unpaired) electrons. The van der Waals surface area contributed by atoms with Gasteiger partial charge < -0.3 is 5.11 Å². The molecule has 1 aliphatic carbocycles. The van der Waals surface area contributed by atoms with Crippen molar-refractivity contribution in [1.82, 2.24) is 9.78 Å². The molecule has 1 heterocycles. The van der Waals surface area contributed by atoms with Gasteiger partial charge in [-0.1, -0.05) is 0 Å². The Morgan fingerprint density at radius 3 is 2.81 bits per heavy atom. The van der Waals surface area contributed by atoms with Crippen LogP contribution < -0.4 is 0 Å². The molecule has 5 heteroatoms. The number of hydrogen-bond acceptors (Lipinski definition) is 3. The maximum absolute atomic E-state index is 11.0. The molecular weight excluding hydrogens is 266 g/mol. The molecule has 0 saturated heterocycles. The molecule has 0 bridgehead atoms. The van der Waals surface area contributed by atoms with Crippen LogP contribution in [0.25, 0.3) is 10.9 Å². The summed E-state index contributed by atoms with van der Waals surface area (Å²) in [7, 11) is 0. The van der Waals surface area contributed by atoms with Crippen molar-refractivity contribution >= 4 is 16.9 Å². The summed E-state index contributed by atoms with van der Waals surface area (Å²) in [5, 5.41) is 23.5. The van der Waals surface area contributed by atoms with E-state index in [2.05, 4.69) is 11.2 Å². The second-order valence-corrected chi connectivity index (χ2v) is 5.77. The van der Waals surface area contributed by atoms with Gasteiger partial charge in [-0.25, -0.2) is 0 Å². The Morgan fingerprint density at radius 2 is 2.14 bits per heavy atom. The monoisotopic (exact) mass is 283 g/mol. The largest absolute Gasteiger partial charge is 0.481 e. The Morgan fingerprint density at radius 1 is 1.38 bits per heavy atom. The van der Waals surface area contributed by atoms with Crippen LogP contribution in [0.5, 0.6) is 0 Å². The number of carbonyl (C=O) groups is 1. The fourth-order valence-corrected chi connectivity index (χ4v) is 3.12. The maximum atomic E-state index is 11.0. The van der Waals surface area contributed by atoms with E-state index in [-0.39, 0.29) is 5.92 Å². The molecule has 1 fully saturated rings. The highest BCUT2D eigenvalue weighted by atomic mass is 16.4. The number of aliphatic carboxylic acids is 1. The van der Waals surface area contributed by atoms with Crippen molar-refractivity contribution in [2.45, 2.75) is 32.2 Å². The zero-order valence-corrected chi connectivity index (χ0v) is 11.7. The minimum absolute atomic E-state index is 0.180. The highest BCUT2D eigenvalue weighted by Gasteiger charge is 2.26. The summed E-state index contributed by atoms with van der Waals surface area (Å²) in [6, 6.07) is 7.73. The normalized spacial score (nSPS) is 22.0. The molecule has 108 valence electrons. The van der Waals surface area contributed by atoms with Crippen molar-refractivity contribution in [3.8, 4) is 6.07 Å². The summed E-state index contributed by atoms with van der Waals surface area (Å²) in [5.74, 6) is -0.383. The van der Waals surface area contributed by atoms with Gasteiger partial charge in [0.05, 0.1) is 29.3 Å². The number of nitrogens with zero attached hydrogens (tertiary/aromatic N) is 3. The first-order valence-electron chi connectivity index (χ1n) is 7.26. The lowest BCUT2D eigenvalue weighted by molar-refractivity contribution is -0.143. The molecule has 5 nitrogen and oxygen atoms in total. The summed E-state index contributed by atoms with van der Waals surface area (Å²) in [6.45, 7) is 0.796. The van der Waals surface area contributed by atoms with Crippen LogP contribution >= 0.6 is 0 Å². The van der Waals surface area contributed by atoms with Crippen LogP contribution in [-0.4, -0.2) is 20.9 Å². The van der Waals surface area contributed by atoms with E-state index < -0.39 is 5.97 Å². The average molecular weight is 283 g/mol. The van der Waals surface area contributed by atoms with Crippen molar-refractivity contribution in [2.24, 2.45) is 11.8 Å². The highest BCUT2D eigenvalue weighted by Crippen LogP contribution is 2.30. The van der Waals surface area contributed by atoms with Gasteiger partial charge in [-0.15, -0.1) is 0 Å². The topological polar surface area (TPSA) is 78.9 Å². The first kappa shape index (κ1) is 13.6. The number of benzene rings is 1. The van der Waals surface area contributed by atoms with Crippen molar-refractivity contribution in [3.05, 3.63) is 30.0 Å². The summed E-state index contributed by atoms with van der Waals surface area (Å²) < 4.78 is 1.95. The molecule has 1 aromatic carbocycles. The van der Waals surface area contributed by atoms with Gasteiger partial charge in [0, 0.05) is 11.9 Å².